The van der Waals surface area contributed by atoms with E-state index in [4.69, 9.17) is 18.6 Å². The lowest BCUT2D eigenvalue weighted by Gasteiger charge is -2.12. The number of ether oxygens (including phenoxy) is 3. The Morgan fingerprint density at radius 3 is 2.89 bits per heavy atom. The molecule has 140 valence electrons. The summed E-state index contributed by atoms with van der Waals surface area (Å²) in [6.45, 7) is 2.37. The Hall–Kier alpha value is -2.71. The Bertz CT molecular complexity index is 930. The molecule has 1 N–H and O–H groups in total. The zero-order valence-corrected chi connectivity index (χ0v) is 15.4. The summed E-state index contributed by atoms with van der Waals surface area (Å²) in [6.07, 6.45) is -0.657. The first-order valence-electron chi connectivity index (χ1n) is 8.42. The summed E-state index contributed by atoms with van der Waals surface area (Å²) in [5.41, 5.74) is 1.78. The molecule has 27 heavy (non-hydrogen) atoms. The zero-order valence-electron chi connectivity index (χ0n) is 14.6. The second-order valence-corrected chi connectivity index (χ2v) is 6.95. The van der Waals surface area contributed by atoms with Crippen LogP contribution in [0.25, 0.3) is 11.5 Å². The van der Waals surface area contributed by atoms with E-state index in [2.05, 4.69) is 10.2 Å². The van der Waals surface area contributed by atoms with E-state index in [0.29, 0.717) is 28.4 Å². The van der Waals surface area contributed by atoms with Gasteiger partial charge in [0.25, 0.3) is 5.22 Å². The van der Waals surface area contributed by atoms with Gasteiger partial charge in [0.05, 0.1) is 6.10 Å². The Morgan fingerprint density at radius 1 is 1.15 bits per heavy atom. The van der Waals surface area contributed by atoms with Gasteiger partial charge in [-0.05, 0) is 36.8 Å². The summed E-state index contributed by atoms with van der Waals surface area (Å²) in [6, 6.07) is 13.1. The molecule has 7 nitrogen and oxygen atoms in total. The fraction of sp³-hybridized carbons (Fsp3) is 0.263. The summed E-state index contributed by atoms with van der Waals surface area (Å²) < 4.78 is 21.9. The molecule has 0 saturated carbocycles. The molecule has 0 saturated heterocycles. The smallest absolute Gasteiger partial charge is 0.276 e. The highest BCUT2D eigenvalue weighted by molar-refractivity contribution is 7.99. The Morgan fingerprint density at radius 2 is 2.00 bits per heavy atom. The van der Waals surface area contributed by atoms with E-state index in [0.717, 1.165) is 16.9 Å². The number of hydrogen-bond acceptors (Lipinski definition) is 8. The number of aromatic nitrogens is 2. The van der Waals surface area contributed by atoms with E-state index in [1.807, 2.05) is 37.3 Å². The second kappa shape index (κ2) is 7.89. The third-order valence-corrected chi connectivity index (χ3v) is 4.91. The van der Waals surface area contributed by atoms with Crippen LogP contribution < -0.4 is 14.2 Å². The first-order chi connectivity index (χ1) is 13.2. The molecule has 4 rings (SSSR count). The van der Waals surface area contributed by atoms with Crippen LogP contribution in [0.5, 0.6) is 17.2 Å². The number of hydrogen-bond donors (Lipinski definition) is 1. The van der Waals surface area contributed by atoms with Crippen LogP contribution in [0.4, 0.5) is 0 Å². The van der Waals surface area contributed by atoms with Crippen molar-refractivity contribution in [2.24, 2.45) is 0 Å². The molecule has 0 fully saturated rings. The van der Waals surface area contributed by atoms with Crippen molar-refractivity contribution in [1.82, 2.24) is 10.2 Å². The van der Waals surface area contributed by atoms with Crippen molar-refractivity contribution in [1.29, 1.82) is 0 Å². The highest BCUT2D eigenvalue weighted by atomic mass is 32.2. The molecule has 1 aliphatic heterocycles. The average molecular weight is 386 g/mol. The van der Waals surface area contributed by atoms with Gasteiger partial charge < -0.3 is 23.7 Å². The minimum atomic E-state index is -0.657. The number of benzene rings is 2. The minimum Gasteiger partial charge on any atom is -0.491 e. The van der Waals surface area contributed by atoms with Crippen LogP contribution in [0.2, 0.25) is 0 Å². The average Bonchev–Trinajstić information content (AvgIpc) is 3.34. The maximum atomic E-state index is 10.1. The Kier molecular flexibility index (Phi) is 5.17. The Balaban J connectivity index is 1.31. The van der Waals surface area contributed by atoms with E-state index in [9.17, 15) is 5.11 Å². The van der Waals surface area contributed by atoms with Gasteiger partial charge >= 0.3 is 0 Å². The molecule has 0 bridgehead atoms. The SMILES string of the molecule is Cc1ccccc1OC[C@@H](O)CSc1nnc(-c2ccc3c(c2)OCO3)o1. The molecule has 0 aliphatic carbocycles. The van der Waals surface area contributed by atoms with Crippen LogP contribution in [-0.2, 0) is 0 Å². The zero-order chi connectivity index (χ0) is 18.6. The quantitative estimate of drug-likeness (QED) is 0.619. The van der Waals surface area contributed by atoms with E-state index in [1.165, 1.54) is 11.8 Å². The maximum absolute atomic E-state index is 10.1. The number of nitrogens with zero attached hydrogens (tertiary/aromatic N) is 2. The minimum absolute atomic E-state index is 0.195. The number of thioether (sulfide) groups is 1. The molecule has 1 atom stereocenters. The van der Waals surface area contributed by atoms with Gasteiger partial charge in [-0.2, -0.15) is 0 Å². The molecular weight excluding hydrogens is 368 g/mol. The van der Waals surface area contributed by atoms with Gasteiger partial charge in [0.15, 0.2) is 11.5 Å². The van der Waals surface area contributed by atoms with E-state index in [-0.39, 0.29) is 13.4 Å². The van der Waals surface area contributed by atoms with Crippen molar-refractivity contribution in [2.45, 2.75) is 18.3 Å². The van der Waals surface area contributed by atoms with Crippen LogP contribution in [0.1, 0.15) is 5.56 Å². The fourth-order valence-corrected chi connectivity index (χ4v) is 3.20. The molecule has 2 heterocycles. The second-order valence-electron chi connectivity index (χ2n) is 5.98. The molecular formula is C19H18N2O5S. The van der Waals surface area contributed by atoms with Gasteiger partial charge in [0, 0.05) is 11.3 Å². The number of aliphatic hydroxyl groups excluding tert-OH is 1. The first-order valence-corrected chi connectivity index (χ1v) is 9.40. The fourth-order valence-electron chi connectivity index (χ4n) is 2.53. The van der Waals surface area contributed by atoms with Gasteiger partial charge in [-0.1, -0.05) is 30.0 Å². The van der Waals surface area contributed by atoms with Crippen molar-refractivity contribution in [3.8, 4) is 28.7 Å². The molecule has 1 aliphatic rings. The highest BCUT2D eigenvalue weighted by Crippen LogP contribution is 2.36. The van der Waals surface area contributed by atoms with Crippen LogP contribution in [0.3, 0.4) is 0 Å². The van der Waals surface area contributed by atoms with Crippen molar-refractivity contribution in [2.75, 3.05) is 19.2 Å². The molecule has 0 amide bonds. The van der Waals surface area contributed by atoms with Gasteiger partial charge in [-0.25, -0.2) is 0 Å². The lowest BCUT2D eigenvalue weighted by molar-refractivity contribution is 0.126. The van der Waals surface area contributed by atoms with Gasteiger partial charge in [0.1, 0.15) is 12.4 Å². The summed E-state index contributed by atoms with van der Waals surface area (Å²) in [7, 11) is 0. The number of fused-ring (bicyclic) bond motifs is 1. The van der Waals surface area contributed by atoms with Gasteiger partial charge in [-0.3, -0.25) is 0 Å². The van der Waals surface area contributed by atoms with Crippen molar-refractivity contribution in [3.05, 3.63) is 48.0 Å². The summed E-state index contributed by atoms with van der Waals surface area (Å²) in [5, 5.41) is 18.6. The monoisotopic (exact) mass is 386 g/mol. The van der Waals surface area contributed by atoms with Gasteiger partial charge in [0.2, 0.25) is 12.7 Å². The molecule has 0 unspecified atom stereocenters. The summed E-state index contributed by atoms with van der Waals surface area (Å²) >= 11 is 1.28. The summed E-state index contributed by atoms with van der Waals surface area (Å²) in [5.74, 6) is 2.90. The number of rotatable bonds is 7. The topological polar surface area (TPSA) is 86.8 Å². The normalized spacial score (nSPS) is 13.6. The van der Waals surface area contributed by atoms with E-state index in [1.54, 1.807) is 12.1 Å². The lowest BCUT2D eigenvalue weighted by atomic mass is 10.2. The molecule has 1 aromatic heterocycles. The van der Waals surface area contributed by atoms with Gasteiger partial charge in [-0.15, -0.1) is 10.2 Å². The predicted octanol–water partition coefficient (Wildman–Crippen LogP) is 3.31. The van der Waals surface area contributed by atoms with Crippen molar-refractivity contribution in [3.63, 3.8) is 0 Å². The molecule has 2 aromatic carbocycles. The Labute approximate surface area is 160 Å². The molecule has 8 heteroatoms. The van der Waals surface area contributed by atoms with Crippen LogP contribution >= 0.6 is 11.8 Å². The maximum Gasteiger partial charge on any atom is 0.276 e. The number of aliphatic hydroxyl groups is 1. The van der Waals surface area contributed by atoms with Crippen LogP contribution in [-0.4, -0.2) is 40.6 Å². The van der Waals surface area contributed by atoms with E-state index < -0.39 is 6.10 Å². The number of aryl methyl sites for hydroxylation is 1. The van der Waals surface area contributed by atoms with Crippen LogP contribution in [0.15, 0.2) is 52.1 Å². The van der Waals surface area contributed by atoms with Crippen LogP contribution in [0, 0.1) is 6.92 Å². The van der Waals surface area contributed by atoms with Crippen molar-refractivity contribution >= 4 is 11.8 Å². The summed E-state index contributed by atoms with van der Waals surface area (Å²) in [4.78, 5) is 0. The highest BCUT2D eigenvalue weighted by Gasteiger charge is 2.17. The molecule has 3 aromatic rings. The third-order valence-electron chi connectivity index (χ3n) is 3.95. The standard InChI is InChI=1S/C19H18N2O5S/c1-12-4-2-3-5-15(12)23-9-14(22)10-27-19-21-20-18(26-19)13-6-7-16-17(8-13)25-11-24-16/h2-8,14,22H,9-11H2,1H3/t14-/m1/s1. The lowest BCUT2D eigenvalue weighted by Crippen LogP contribution is -2.20. The van der Waals surface area contributed by atoms with Crippen molar-refractivity contribution < 1.29 is 23.7 Å². The predicted molar refractivity (Wildman–Crippen MR) is 99.3 cm³/mol. The number of para-hydroxylation sites is 1. The molecule has 0 spiro atoms. The van der Waals surface area contributed by atoms with E-state index >= 15 is 0 Å². The molecule has 0 radical (unpaired) electrons. The third kappa shape index (κ3) is 4.17. The largest absolute Gasteiger partial charge is 0.491 e. The first kappa shape index (κ1) is 17.7.